The molecule has 0 saturated carbocycles. The molecule has 3 rings (SSSR count). The molecule has 0 aliphatic heterocycles. The van der Waals surface area contributed by atoms with Crippen molar-refractivity contribution in [1.82, 2.24) is 5.32 Å². The molecule has 0 aliphatic carbocycles. The Bertz CT molecular complexity index is 961. The van der Waals surface area contributed by atoms with Crippen molar-refractivity contribution in [3.63, 3.8) is 0 Å². The molecule has 0 aliphatic rings. The first-order valence-corrected chi connectivity index (χ1v) is 10.4. The van der Waals surface area contributed by atoms with Crippen LogP contribution in [0.5, 0.6) is 17.2 Å². The summed E-state index contributed by atoms with van der Waals surface area (Å²) in [6.45, 7) is 1.86. The maximum absolute atomic E-state index is 6.48. The summed E-state index contributed by atoms with van der Waals surface area (Å²) in [6.07, 6.45) is 0.872. The van der Waals surface area contributed by atoms with Crippen LogP contribution in [0.1, 0.15) is 16.7 Å². The fourth-order valence-electron chi connectivity index (χ4n) is 3.12. The third kappa shape index (κ3) is 6.05. The molecule has 0 bridgehead atoms. The van der Waals surface area contributed by atoms with Gasteiger partial charge >= 0.3 is 0 Å². The number of rotatable bonds is 10. The van der Waals surface area contributed by atoms with E-state index in [4.69, 9.17) is 37.4 Å². The standard InChI is InChI=1S/C24H25Cl2NO3/c1-28-22-6-4-3-5-19(22)11-12-27-15-18-13-21(26)24(23(14-18)29-2)30-16-17-7-9-20(25)10-8-17/h3-10,13-14,27H,11-12,15-16H2,1-2H3. The highest BCUT2D eigenvalue weighted by Crippen LogP contribution is 2.37. The summed E-state index contributed by atoms with van der Waals surface area (Å²) in [7, 11) is 3.30. The van der Waals surface area contributed by atoms with Crippen LogP contribution >= 0.6 is 23.2 Å². The second kappa shape index (κ2) is 11.1. The molecule has 4 nitrogen and oxygen atoms in total. The number of nitrogens with one attached hydrogen (secondary N) is 1. The Morgan fingerprint density at radius 2 is 1.57 bits per heavy atom. The fourth-order valence-corrected chi connectivity index (χ4v) is 3.53. The predicted molar refractivity (Wildman–Crippen MR) is 122 cm³/mol. The molecule has 30 heavy (non-hydrogen) atoms. The number of halogens is 2. The molecule has 3 aromatic carbocycles. The third-order valence-electron chi connectivity index (χ3n) is 4.68. The Morgan fingerprint density at radius 3 is 2.30 bits per heavy atom. The zero-order chi connectivity index (χ0) is 21.3. The van der Waals surface area contributed by atoms with E-state index in [1.165, 1.54) is 5.56 Å². The van der Waals surface area contributed by atoms with Crippen LogP contribution in [-0.2, 0) is 19.6 Å². The van der Waals surface area contributed by atoms with E-state index < -0.39 is 0 Å². The zero-order valence-corrected chi connectivity index (χ0v) is 18.6. The first-order valence-electron chi connectivity index (χ1n) is 9.67. The van der Waals surface area contributed by atoms with Gasteiger partial charge in [0.05, 0.1) is 19.2 Å². The van der Waals surface area contributed by atoms with E-state index in [-0.39, 0.29) is 0 Å². The average molecular weight is 446 g/mol. The SMILES string of the molecule is COc1ccccc1CCNCc1cc(Cl)c(OCc2ccc(Cl)cc2)c(OC)c1. The molecule has 0 spiro atoms. The van der Waals surface area contributed by atoms with Gasteiger partial charge in [-0.2, -0.15) is 0 Å². The summed E-state index contributed by atoms with van der Waals surface area (Å²) in [6, 6.07) is 19.4. The van der Waals surface area contributed by atoms with Crippen molar-refractivity contribution in [2.45, 2.75) is 19.6 Å². The summed E-state index contributed by atoms with van der Waals surface area (Å²) < 4.78 is 16.8. The van der Waals surface area contributed by atoms with Crippen LogP contribution in [0.4, 0.5) is 0 Å². The molecular formula is C24H25Cl2NO3. The van der Waals surface area contributed by atoms with Gasteiger partial charge in [-0.3, -0.25) is 0 Å². The van der Waals surface area contributed by atoms with Gasteiger partial charge in [-0.05, 0) is 60.0 Å². The Labute approximate surface area is 187 Å². The lowest BCUT2D eigenvalue weighted by atomic mass is 10.1. The number of hydrogen-bond donors (Lipinski definition) is 1. The highest BCUT2D eigenvalue weighted by Gasteiger charge is 2.12. The molecule has 1 N–H and O–H groups in total. The van der Waals surface area contributed by atoms with E-state index in [2.05, 4.69) is 11.4 Å². The predicted octanol–water partition coefficient (Wildman–Crippen LogP) is 5.92. The lowest BCUT2D eigenvalue weighted by Crippen LogP contribution is -2.17. The highest BCUT2D eigenvalue weighted by atomic mass is 35.5. The van der Waals surface area contributed by atoms with Crippen LogP contribution in [0.25, 0.3) is 0 Å². The summed E-state index contributed by atoms with van der Waals surface area (Å²) >= 11 is 12.4. The number of para-hydroxylation sites is 1. The summed E-state index contributed by atoms with van der Waals surface area (Å²) in [5, 5.41) is 4.65. The van der Waals surface area contributed by atoms with E-state index in [0.717, 1.165) is 29.8 Å². The van der Waals surface area contributed by atoms with Crippen molar-refractivity contribution >= 4 is 23.2 Å². The maximum atomic E-state index is 6.48. The van der Waals surface area contributed by atoms with E-state index >= 15 is 0 Å². The van der Waals surface area contributed by atoms with Crippen molar-refractivity contribution in [1.29, 1.82) is 0 Å². The molecule has 0 amide bonds. The molecule has 158 valence electrons. The second-order valence-electron chi connectivity index (χ2n) is 6.76. The minimum atomic E-state index is 0.379. The van der Waals surface area contributed by atoms with E-state index in [1.54, 1.807) is 14.2 Å². The smallest absolute Gasteiger partial charge is 0.180 e. The van der Waals surface area contributed by atoms with E-state index in [0.29, 0.717) is 34.7 Å². The first kappa shape index (κ1) is 22.3. The highest BCUT2D eigenvalue weighted by molar-refractivity contribution is 6.32. The third-order valence-corrected chi connectivity index (χ3v) is 5.21. The zero-order valence-electron chi connectivity index (χ0n) is 17.1. The normalized spacial score (nSPS) is 10.7. The number of ether oxygens (including phenoxy) is 3. The topological polar surface area (TPSA) is 39.7 Å². The van der Waals surface area contributed by atoms with Gasteiger partial charge in [-0.25, -0.2) is 0 Å². The Hall–Kier alpha value is -2.40. The summed E-state index contributed by atoms with van der Waals surface area (Å²) in [5.41, 5.74) is 3.20. The monoisotopic (exact) mass is 445 g/mol. The molecule has 0 unspecified atom stereocenters. The molecule has 0 atom stereocenters. The van der Waals surface area contributed by atoms with Crippen LogP contribution in [0.2, 0.25) is 10.0 Å². The van der Waals surface area contributed by atoms with Crippen molar-refractivity contribution in [2.24, 2.45) is 0 Å². The van der Waals surface area contributed by atoms with Gasteiger partial charge in [0.2, 0.25) is 0 Å². The van der Waals surface area contributed by atoms with E-state index in [1.807, 2.05) is 54.6 Å². The van der Waals surface area contributed by atoms with Gasteiger partial charge in [-0.1, -0.05) is 53.5 Å². The summed E-state index contributed by atoms with van der Waals surface area (Å²) in [4.78, 5) is 0. The Kier molecular flexibility index (Phi) is 8.26. The van der Waals surface area contributed by atoms with E-state index in [9.17, 15) is 0 Å². The number of benzene rings is 3. The van der Waals surface area contributed by atoms with Crippen LogP contribution in [0, 0.1) is 0 Å². The van der Waals surface area contributed by atoms with Crippen LogP contribution in [-0.4, -0.2) is 20.8 Å². The van der Waals surface area contributed by atoms with Crippen LogP contribution < -0.4 is 19.5 Å². The Morgan fingerprint density at radius 1 is 0.833 bits per heavy atom. The molecule has 0 heterocycles. The largest absolute Gasteiger partial charge is 0.496 e. The van der Waals surface area contributed by atoms with Gasteiger partial charge in [0.15, 0.2) is 11.5 Å². The Balaban J connectivity index is 1.58. The van der Waals surface area contributed by atoms with Crippen molar-refractivity contribution in [3.05, 3.63) is 87.4 Å². The second-order valence-corrected chi connectivity index (χ2v) is 7.61. The molecule has 3 aromatic rings. The van der Waals surface area contributed by atoms with Gasteiger partial charge in [0.25, 0.3) is 0 Å². The summed E-state index contributed by atoms with van der Waals surface area (Å²) in [5.74, 6) is 2.05. The molecule has 0 radical (unpaired) electrons. The van der Waals surface area contributed by atoms with Gasteiger partial charge < -0.3 is 19.5 Å². The molecule has 6 heteroatoms. The van der Waals surface area contributed by atoms with Crippen molar-refractivity contribution < 1.29 is 14.2 Å². The minimum absolute atomic E-state index is 0.379. The van der Waals surface area contributed by atoms with Crippen molar-refractivity contribution in [2.75, 3.05) is 20.8 Å². The number of methoxy groups -OCH3 is 2. The van der Waals surface area contributed by atoms with Crippen molar-refractivity contribution in [3.8, 4) is 17.2 Å². The van der Waals surface area contributed by atoms with Gasteiger partial charge in [-0.15, -0.1) is 0 Å². The molecule has 0 aromatic heterocycles. The average Bonchev–Trinajstić information content (AvgIpc) is 2.77. The van der Waals surface area contributed by atoms with Crippen LogP contribution in [0.3, 0.4) is 0 Å². The van der Waals surface area contributed by atoms with Crippen LogP contribution in [0.15, 0.2) is 60.7 Å². The van der Waals surface area contributed by atoms with Gasteiger partial charge in [0, 0.05) is 11.6 Å². The lowest BCUT2D eigenvalue weighted by molar-refractivity contribution is 0.284. The maximum Gasteiger partial charge on any atom is 0.180 e. The quantitative estimate of drug-likeness (QED) is 0.393. The lowest BCUT2D eigenvalue weighted by Gasteiger charge is -2.15. The first-order chi connectivity index (χ1) is 14.6. The fraction of sp³-hybridized carbons (Fsp3) is 0.250. The number of hydrogen-bond acceptors (Lipinski definition) is 4. The van der Waals surface area contributed by atoms with Gasteiger partial charge in [0.1, 0.15) is 12.4 Å². The molecule has 0 fully saturated rings. The minimum Gasteiger partial charge on any atom is -0.496 e. The molecule has 0 saturated heterocycles. The molecular weight excluding hydrogens is 421 g/mol.